The number of benzene rings is 2. The van der Waals surface area contributed by atoms with Gasteiger partial charge in [0, 0.05) is 23.3 Å². The number of hydrogen-bond acceptors (Lipinski definition) is 6. The van der Waals surface area contributed by atoms with Crippen LogP contribution in [0, 0.1) is 23.7 Å². The maximum absolute atomic E-state index is 12.7. The van der Waals surface area contributed by atoms with Crippen LogP contribution in [0.15, 0.2) is 60.7 Å². The van der Waals surface area contributed by atoms with Gasteiger partial charge in [0.1, 0.15) is 0 Å². The molecule has 2 heterocycles. The zero-order valence-corrected chi connectivity index (χ0v) is 24.4. The third kappa shape index (κ3) is 6.80. The van der Waals surface area contributed by atoms with Crippen molar-refractivity contribution in [1.82, 2.24) is 10.6 Å². The largest absolute Gasteiger partial charge is 0.449 e. The average Bonchev–Trinajstić information content (AvgIpc) is 3.00. The maximum atomic E-state index is 12.7. The zero-order valence-electron chi connectivity index (χ0n) is 24.4. The van der Waals surface area contributed by atoms with Crippen molar-refractivity contribution in [2.24, 2.45) is 11.8 Å². The highest BCUT2D eigenvalue weighted by Crippen LogP contribution is 2.33. The third-order valence-electron chi connectivity index (χ3n) is 7.88. The molecular weight excluding hydrogens is 532 g/mol. The first-order valence-corrected chi connectivity index (χ1v) is 14.3. The molecule has 2 aromatic rings. The van der Waals surface area contributed by atoms with Gasteiger partial charge in [-0.1, -0.05) is 88.8 Å². The van der Waals surface area contributed by atoms with E-state index in [-0.39, 0.29) is 48.9 Å². The molecule has 2 aliphatic rings. The molecule has 0 aliphatic carbocycles. The van der Waals surface area contributed by atoms with E-state index in [2.05, 4.69) is 22.5 Å². The predicted octanol–water partition coefficient (Wildman–Crippen LogP) is 4.56. The smallest absolute Gasteiger partial charge is 0.332 e. The van der Waals surface area contributed by atoms with Crippen molar-refractivity contribution in [2.45, 2.75) is 52.6 Å². The first-order valence-electron chi connectivity index (χ1n) is 14.3. The van der Waals surface area contributed by atoms with E-state index in [9.17, 15) is 19.2 Å². The van der Waals surface area contributed by atoms with Crippen molar-refractivity contribution in [2.75, 3.05) is 13.2 Å². The topological polar surface area (TPSA) is 111 Å². The number of amides is 2. The van der Waals surface area contributed by atoms with E-state index in [0.29, 0.717) is 33.4 Å². The van der Waals surface area contributed by atoms with Gasteiger partial charge in [-0.2, -0.15) is 0 Å². The summed E-state index contributed by atoms with van der Waals surface area (Å²) in [6.45, 7) is 7.74. The minimum atomic E-state index is -0.575. The number of esters is 2. The summed E-state index contributed by atoms with van der Waals surface area (Å²) < 4.78 is 10.6. The second-order valence-electron chi connectivity index (χ2n) is 10.5. The molecule has 0 fully saturated rings. The summed E-state index contributed by atoms with van der Waals surface area (Å²) in [4.78, 5) is 50.5. The van der Waals surface area contributed by atoms with Crippen LogP contribution in [-0.2, 0) is 19.1 Å². The van der Waals surface area contributed by atoms with E-state index in [1.807, 2.05) is 52.0 Å². The van der Waals surface area contributed by atoms with Crippen LogP contribution in [0.2, 0.25) is 0 Å². The predicted molar refractivity (Wildman–Crippen MR) is 160 cm³/mol. The Kier molecular flexibility index (Phi) is 9.98. The second kappa shape index (κ2) is 13.8. The summed E-state index contributed by atoms with van der Waals surface area (Å²) in [5, 5.41) is 6.01. The van der Waals surface area contributed by atoms with Crippen molar-refractivity contribution < 1.29 is 28.7 Å². The number of ether oxygens (including phenoxy) is 2. The van der Waals surface area contributed by atoms with Gasteiger partial charge in [-0.3, -0.25) is 9.59 Å². The molecule has 0 radical (unpaired) electrons. The first-order chi connectivity index (χ1) is 20.2. The highest BCUT2D eigenvalue weighted by Gasteiger charge is 2.33. The number of rotatable bonds is 8. The number of carbonyl (C=O) groups is 4. The Morgan fingerprint density at radius 2 is 1.07 bits per heavy atom. The average molecular weight is 569 g/mol. The lowest BCUT2D eigenvalue weighted by atomic mass is 9.82. The van der Waals surface area contributed by atoms with Crippen molar-refractivity contribution in [1.29, 1.82) is 0 Å². The summed E-state index contributed by atoms with van der Waals surface area (Å²) in [6.07, 6.45) is 4.47. The molecule has 0 unspecified atom stereocenters. The lowest BCUT2D eigenvalue weighted by molar-refractivity contribution is -0.137. The van der Waals surface area contributed by atoms with Gasteiger partial charge in [0.2, 0.25) is 0 Å². The van der Waals surface area contributed by atoms with Crippen molar-refractivity contribution in [3.63, 3.8) is 0 Å². The van der Waals surface area contributed by atoms with Gasteiger partial charge in [0.15, 0.2) is 13.2 Å². The summed E-state index contributed by atoms with van der Waals surface area (Å²) in [7, 11) is 0. The van der Waals surface area contributed by atoms with Crippen LogP contribution < -0.4 is 10.6 Å². The standard InChI is InChI=1S/C34H36N2O6/c1-5-21(3)31-27(23-13-7-9-15-25(23)33(39)35-31)19-29(37)41-17-11-12-18-42-30(38)20-28-24-14-8-10-16-26(24)34(40)36-32(28)22(4)6-2/h7-10,13-16,19-22,31-32H,5-6,17-18H2,1-4H3,(H,35,39)(H,36,40)/b27-19-,28-20-/t21-,22-,31-,32-/m0/s1. The fraction of sp³-hybridized carbons (Fsp3) is 0.353. The molecule has 2 aromatic carbocycles. The van der Waals surface area contributed by atoms with Gasteiger partial charge in [-0.15, -0.1) is 0 Å². The minimum absolute atomic E-state index is 0.115. The zero-order chi connectivity index (χ0) is 30.2. The number of nitrogens with one attached hydrogen (secondary N) is 2. The molecule has 42 heavy (non-hydrogen) atoms. The van der Waals surface area contributed by atoms with Crippen LogP contribution >= 0.6 is 0 Å². The molecule has 0 spiro atoms. The molecule has 4 atom stereocenters. The van der Waals surface area contributed by atoms with E-state index in [0.717, 1.165) is 12.8 Å². The number of hydrogen-bond donors (Lipinski definition) is 2. The Bertz CT molecular complexity index is 1390. The summed E-state index contributed by atoms with van der Waals surface area (Å²) in [6, 6.07) is 13.7. The summed E-state index contributed by atoms with van der Waals surface area (Å²) in [5.74, 6) is 4.15. The normalized spacial score (nSPS) is 20.7. The van der Waals surface area contributed by atoms with Crippen molar-refractivity contribution in [3.05, 3.63) is 82.9 Å². The van der Waals surface area contributed by atoms with Gasteiger partial charge in [0.25, 0.3) is 11.8 Å². The van der Waals surface area contributed by atoms with Gasteiger partial charge >= 0.3 is 11.9 Å². The van der Waals surface area contributed by atoms with Crippen LogP contribution in [0.25, 0.3) is 11.1 Å². The van der Waals surface area contributed by atoms with Crippen molar-refractivity contribution >= 4 is 34.9 Å². The maximum Gasteiger partial charge on any atom is 0.332 e. The van der Waals surface area contributed by atoms with Crippen LogP contribution in [0.3, 0.4) is 0 Å². The van der Waals surface area contributed by atoms with E-state index >= 15 is 0 Å². The van der Waals surface area contributed by atoms with Crippen LogP contribution in [0.4, 0.5) is 0 Å². The lowest BCUT2D eigenvalue weighted by Crippen LogP contribution is -2.44. The number of carbonyl (C=O) groups excluding carboxylic acids is 4. The quantitative estimate of drug-likeness (QED) is 0.275. The highest BCUT2D eigenvalue weighted by molar-refractivity contribution is 6.07. The monoisotopic (exact) mass is 568 g/mol. The SMILES string of the molecule is CC[C@H](C)[C@@H]1NC(=O)c2ccccc2/C1=C/C(=O)OCC#CCOC(=O)/C=C1/c2ccccc2C(=O)N[C@H]1[C@@H](C)CC. The van der Waals surface area contributed by atoms with Crippen LogP contribution in [0.1, 0.15) is 72.4 Å². The summed E-state index contributed by atoms with van der Waals surface area (Å²) >= 11 is 0. The molecular formula is C34H36N2O6. The van der Waals surface area contributed by atoms with Gasteiger partial charge < -0.3 is 20.1 Å². The third-order valence-corrected chi connectivity index (χ3v) is 7.88. The molecule has 0 saturated heterocycles. The molecule has 218 valence electrons. The number of fused-ring (bicyclic) bond motifs is 2. The van der Waals surface area contributed by atoms with Gasteiger partial charge in [0.05, 0.1) is 12.1 Å². The van der Waals surface area contributed by atoms with E-state index < -0.39 is 11.9 Å². The molecule has 0 saturated carbocycles. The van der Waals surface area contributed by atoms with E-state index in [1.165, 1.54) is 12.2 Å². The second-order valence-corrected chi connectivity index (χ2v) is 10.5. The van der Waals surface area contributed by atoms with E-state index in [1.54, 1.807) is 24.3 Å². The Labute approximate surface area is 246 Å². The van der Waals surface area contributed by atoms with Crippen LogP contribution in [0.5, 0.6) is 0 Å². The lowest BCUT2D eigenvalue weighted by Gasteiger charge is -2.32. The molecule has 4 rings (SSSR count). The molecule has 0 aromatic heterocycles. The first kappa shape index (κ1) is 30.3. The molecule has 2 N–H and O–H groups in total. The fourth-order valence-electron chi connectivity index (χ4n) is 5.15. The molecule has 0 bridgehead atoms. The van der Waals surface area contributed by atoms with Crippen molar-refractivity contribution in [3.8, 4) is 11.8 Å². The van der Waals surface area contributed by atoms with Crippen LogP contribution in [-0.4, -0.2) is 49.1 Å². The molecule has 2 aliphatic heterocycles. The molecule has 8 nitrogen and oxygen atoms in total. The minimum Gasteiger partial charge on any atom is -0.449 e. The highest BCUT2D eigenvalue weighted by atomic mass is 16.5. The van der Waals surface area contributed by atoms with Gasteiger partial charge in [-0.05, 0) is 46.2 Å². The van der Waals surface area contributed by atoms with E-state index in [4.69, 9.17) is 9.47 Å². The Morgan fingerprint density at radius 1 is 0.714 bits per heavy atom. The summed E-state index contributed by atoms with van der Waals surface area (Å²) in [5.41, 5.74) is 3.87. The Hall–Kier alpha value is -4.64. The fourth-order valence-corrected chi connectivity index (χ4v) is 5.15. The Balaban J connectivity index is 1.38. The Morgan fingerprint density at radius 3 is 1.43 bits per heavy atom. The molecule has 8 heteroatoms. The van der Waals surface area contributed by atoms with Gasteiger partial charge in [-0.25, -0.2) is 9.59 Å². The molecule has 2 amide bonds.